The van der Waals surface area contributed by atoms with E-state index >= 15 is 0 Å². The van der Waals surface area contributed by atoms with Crippen molar-refractivity contribution >= 4 is 18.0 Å². The van der Waals surface area contributed by atoms with Crippen LogP contribution < -0.4 is 5.32 Å². The van der Waals surface area contributed by atoms with Crippen LogP contribution in [0, 0.1) is 0 Å². The van der Waals surface area contributed by atoms with Crippen molar-refractivity contribution in [2.24, 2.45) is 0 Å². The SMILES string of the molecule is CCOC(=O)CN(CC)C(=O)N[C@H](C(=O)O)[C@@H](C)O. The van der Waals surface area contributed by atoms with Gasteiger partial charge in [-0.05, 0) is 20.8 Å². The maximum absolute atomic E-state index is 11.8. The number of esters is 1. The van der Waals surface area contributed by atoms with E-state index in [0.29, 0.717) is 0 Å². The van der Waals surface area contributed by atoms with E-state index in [1.165, 1.54) is 6.92 Å². The second-order valence-corrected chi connectivity index (χ2v) is 3.83. The first-order chi connectivity index (χ1) is 8.83. The van der Waals surface area contributed by atoms with Crippen LogP contribution in [0.3, 0.4) is 0 Å². The van der Waals surface area contributed by atoms with Crippen molar-refractivity contribution in [1.29, 1.82) is 0 Å². The van der Waals surface area contributed by atoms with Crippen LogP contribution in [0.5, 0.6) is 0 Å². The highest BCUT2D eigenvalue weighted by atomic mass is 16.5. The number of likely N-dealkylation sites (N-methyl/N-ethyl adjacent to an activating group) is 1. The molecule has 0 radical (unpaired) electrons. The zero-order valence-corrected chi connectivity index (χ0v) is 11.3. The molecule has 0 saturated heterocycles. The summed E-state index contributed by atoms with van der Waals surface area (Å²) >= 11 is 0. The third kappa shape index (κ3) is 6.05. The normalized spacial score (nSPS) is 13.3. The molecule has 8 heteroatoms. The number of urea groups is 1. The second kappa shape index (κ2) is 8.30. The first-order valence-electron chi connectivity index (χ1n) is 5.95. The maximum atomic E-state index is 11.8. The lowest BCUT2D eigenvalue weighted by Gasteiger charge is -2.24. The van der Waals surface area contributed by atoms with E-state index in [0.717, 1.165) is 4.90 Å². The van der Waals surface area contributed by atoms with Gasteiger partial charge in [0, 0.05) is 6.54 Å². The Morgan fingerprint density at radius 1 is 1.32 bits per heavy atom. The van der Waals surface area contributed by atoms with Crippen LogP contribution in [0.1, 0.15) is 20.8 Å². The summed E-state index contributed by atoms with van der Waals surface area (Å²) < 4.78 is 4.70. The predicted molar refractivity (Wildman–Crippen MR) is 65.5 cm³/mol. The number of hydrogen-bond acceptors (Lipinski definition) is 5. The molecule has 0 unspecified atom stereocenters. The van der Waals surface area contributed by atoms with E-state index in [2.05, 4.69) is 5.32 Å². The lowest BCUT2D eigenvalue weighted by Crippen LogP contribution is -2.53. The van der Waals surface area contributed by atoms with Crippen LogP contribution in [0.15, 0.2) is 0 Å². The molecule has 19 heavy (non-hydrogen) atoms. The monoisotopic (exact) mass is 276 g/mol. The molecule has 0 aliphatic carbocycles. The smallest absolute Gasteiger partial charge is 0.328 e. The molecule has 0 heterocycles. The number of carbonyl (C=O) groups excluding carboxylic acids is 2. The van der Waals surface area contributed by atoms with Crippen LogP contribution in [0.2, 0.25) is 0 Å². The number of aliphatic hydroxyl groups excluding tert-OH is 1. The van der Waals surface area contributed by atoms with Gasteiger partial charge < -0.3 is 25.2 Å². The van der Waals surface area contributed by atoms with Crippen LogP contribution >= 0.6 is 0 Å². The number of aliphatic hydroxyl groups is 1. The van der Waals surface area contributed by atoms with Gasteiger partial charge >= 0.3 is 18.0 Å². The standard InChI is InChI=1S/C11H20N2O6/c1-4-13(6-8(15)19-5-2)11(18)12-9(7(3)14)10(16)17/h7,9,14H,4-6H2,1-3H3,(H,12,18)(H,16,17)/t7-,9+/m1/s1. The molecule has 2 amide bonds. The van der Waals surface area contributed by atoms with Crippen LogP contribution in [-0.2, 0) is 14.3 Å². The number of nitrogens with zero attached hydrogens (tertiary/aromatic N) is 1. The van der Waals surface area contributed by atoms with E-state index in [1.807, 2.05) is 0 Å². The number of nitrogens with one attached hydrogen (secondary N) is 1. The molecule has 110 valence electrons. The zero-order chi connectivity index (χ0) is 15.0. The summed E-state index contributed by atoms with van der Waals surface area (Å²) in [6.07, 6.45) is -1.25. The summed E-state index contributed by atoms with van der Waals surface area (Å²) in [4.78, 5) is 34.9. The van der Waals surface area contributed by atoms with Crippen molar-refractivity contribution in [3.63, 3.8) is 0 Å². The Labute approximate surface area is 111 Å². The molecule has 8 nitrogen and oxygen atoms in total. The minimum absolute atomic E-state index is 0.198. The van der Waals surface area contributed by atoms with E-state index in [1.54, 1.807) is 13.8 Å². The number of hydrogen-bond donors (Lipinski definition) is 3. The number of amides is 2. The van der Waals surface area contributed by atoms with Crippen molar-refractivity contribution in [2.75, 3.05) is 19.7 Å². The van der Waals surface area contributed by atoms with E-state index in [9.17, 15) is 19.5 Å². The number of carbonyl (C=O) groups is 3. The van der Waals surface area contributed by atoms with Crippen molar-refractivity contribution in [1.82, 2.24) is 10.2 Å². The van der Waals surface area contributed by atoms with E-state index < -0.39 is 30.1 Å². The summed E-state index contributed by atoms with van der Waals surface area (Å²) in [5.41, 5.74) is 0. The second-order valence-electron chi connectivity index (χ2n) is 3.83. The molecular formula is C11H20N2O6. The molecule has 0 aliphatic rings. The summed E-state index contributed by atoms with van der Waals surface area (Å²) in [5, 5.41) is 20.2. The quantitative estimate of drug-likeness (QED) is 0.535. The van der Waals surface area contributed by atoms with Gasteiger partial charge in [-0.1, -0.05) is 0 Å². The molecule has 0 aromatic heterocycles. The van der Waals surface area contributed by atoms with Gasteiger partial charge in [-0.25, -0.2) is 9.59 Å². The molecule has 0 aromatic carbocycles. The molecule has 3 N–H and O–H groups in total. The average Bonchev–Trinajstić information content (AvgIpc) is 2.32. The summed E-state index contributed by atoms with van der Waals surface area (Å²) in [6.45, 7) is 4.66. The molecule has 0 saturated carbocycles. The topological polar surface area (TPSA) is 116 Å². The lowest BCUT2D eigenvalue weighted by molar-refractivity contribution is -0.143. The number of carboxylic acid groups (broad SMARTS) is 1. The highest BCUT2D eigenvalue weighted by molar-refractivity contribution is 5.85. The highest BCUT2D eigenvalue weighted by Crippen LogP contribution is 1.97. The van der Waals surface area contributed by atoms with E-state index in [4.69, 9.17) is 9.84 Å². The fourth-order valence-electron chi connectivity index (χ4n) is 1.30. The van der Waals surface area contributed by atoms with E-state index in [-0.39, 0.29) is 19.7 Å². The van der Waals surface area contributed by atoms with Gasteiger partial charge in [-0.15, -0.1) is 0 Å². The summed E-state index contributed by atoms with van der Waals surface area (Å²) in [6, 6.07) is -2.17. The first-order valence-corrected chi connectivity index (χ1v) is 5.95. The molecule has 0 spiro atoms. The van der Waals surface area contributed by atoms with Crippen LogP contribution in [-0.4, -0.2) is 64.9 Å². The van der Waals surface area contributed by atoms with Crippen molar-refractivity contribution in [3.05, 3.63) is 0 Å². The van der Waals surface area contributed by atoms with Crippen LogP contribution in [0.4, 0.5) is 4.79 Å². The van der Waals surface area contributed by atoms with Gasteiger partial charge in [0.1, 0.15) is 6.54 Å². The van der Waals surface area contributed by atoms with Gasteiger partial charge in [0.05, 0.1) is 12.7 Å². The Bertz CT molecular complexity index is 331. The number of aliphatic carboxylic acids is 1. The van der Waals surface area contributed by atoms with Crippen molar-refractivity contribution in [3.8, 4) is 0 Å². The van der Waals surface area contributed by atoms with Gasteiger partial charge in [0.25, 0.3) is 0 Å². The Hall–Kier alpha value is -1.83. The molecule has 0 fully saturated rings. The molecule has 0 aromatic rings. The molecular weight excluding hydrogens is 256 g/mol. The van der Waals surface area contributed by atoms with Crippen molar-refractivity contribution in [2.45, 2.75) is 32.9 Å². The largest absolute Gasteiger partial charge is 0.480 e. The molecule has 0 rings (SSSR count). The van der Waals surface area contributed by atoms with Gasteiger partial charge in [-0.3, -0.25) is 4.79 Å². The molecule has 0 aliphatic heterocycles. The van der Waals surface area contributed by atoms with Gasteiger partial charge in [0.15, 0.2) is 6.04 Å². The minimum atomic E-state index is -1.43. The predicted octanol–water partition coefficient (Wildman–Crippen LogP) is -0.585. The lowest BCUT2D eigenvalue weighted by atomic mass is 10.2. The first kappa shape index (κ1) is 17.2. The Morgan fingerprint density at radius 2 is 1.89 bits per heavy atom. The third-order valence-corrected chi connectivity index (χ3v) is 2.32. The Balaban J connectivity index is 4.58. The molecule has 0 bridgehead atoms. The zero-order valence-electron chi connectivity index (χ0n) is 11.3. The average molecular weight is 276 g/mol. The number of rotatable bonds is 7. The number of carboxylic acids is 1. The van der Waals surface area contributed by atoms with Crippen LogP contribution in [0.25, 0.3) is 0 Å². The highest BCUT2D eigenvalue weighted by Gasteiger charge is 2.27. The Kier molecular flexibility index (Phi) is 7.50. The van der Waals surface area contributed by atoms with Gasteiger partial charge in [0.2, 0.25) is 0 Å². The Morgan fingerprint density at radius 3 is 2.26 bits per heavy atom. The fraction of sp³-hybridized carbons (Fsp3) is 0.727. The minimum Gasteiger partial charge on any atom is -0.480 e. The molecule has 2 atom stereocenters. The maximum Gasteiger partial charge on any atom is 0.328 e. The van der Waals surface area contributed by atoms with Gasteiger partial charge in [-0.2, -0.15) is 0 Å². The fourth-order valence-corrected chi connectivity index (χ4v) is 1.30. The summed E-state index contributed by atoms with van der Waals surface area (Å²) in [5.74, 6) is -1.93. The van der Waals surface area contributed by atoms with Crippen molar-refractivity contribution < 1.29 is 29.3 Å². The third-order valence-electron chi connectivity index (χ3n) is 2.32. The summed E-state index contributed by atoms with van der Waals surface area (Å²) in [7, 11) is 0. The number of ether oxygens (including phenoxy) is 1.